The van der Waals surface area contributed by atoms with Crippen LogP contribution in [-0.4, -0.2) is 45.1 Å². The Kier molecular flexibility index (Phi) is 14.1. The van der Waals surface area contributed by atoms with Crippen molar-refractivity contribution in [1.82, 2.24) is 0 Å². The van der Waals surface area contributed by atoms with Crippen molar-refractivity contribution in [3.63, 3.8) is 0 Å². The molecule has 0 aliphatic heterocycles. The fourth-order valence-electron chi connectivity index (χ4n) is 1.45. The van der Waals surface area contributed by atoms with E-state index < -0.39 is 11.9 Å². The lowest BCUT2D eigenvalue weighted by molar-refractivity contribution is -0.138. The highest BCUT2D eigenvalue weighted by atomic mass is 16.4. The minimum Gasteiger partial charge on any atom is -0.481 e. The molecule has 2 atom stereocenters. The number of hydrogen-bond donors (Lipinski definition) is 4. The van der Waals surface area contributed by atoms with Gasteiger partial charge in [-0.05, 0) is 19.3 Å². The lowest BCUT2D eigenvalue weighted by atomic mass is 9.97. The van der Waals surface area contributed by atoms with Crippen molar-refractivity contribution in [2.75, 3.05) is 6.61 Å². The van der Waals surface area contributed by atoms with Crippen LogP contribution in [0.25, 0.3) is 0 Å². The first-order valence-corrected chi connectivity index (χ1v) is 6.61. The summed E-state index contributed by atoms with van der Waals surface area (Å²) < 4.78 is 0. The molecular formula is C13H26O6. The molecule has 0 aliphatic carbocycles. The van der Waals surface area contributed by atoms with Gasteiger partial charge < -0.3 is 20.4 Å². The van der Waals surface area contributed by atoms with Gasteiger partial charge in [-0.2, -0.15) is 0 Å². The maximum Gasteiger partial charge on any atom is 0.303 e. The van der Waals surface area contributed by atoms with E-state index in [4.69, 9.17) is 15.3 Å². The van der Waals surface area contributed by atoms with Gasteiger partial charge in [-0.3, -0.25) is 9.59 Å². The van der Waals surface area contributed by atoms with Gasteiger partial charge >= 0.3 is 11.9 Å². The summed E-state index contributed by atoms with van der Waals surface area (Å²) in [5.74, 6) is -1.81. The number of carboxylic acid groups (broad SMARTS) is 2. The van der Waals surface area contributed by atoms with Gasteiger partial charge in [0.05, 0.1) is 6.10 Å². The second-order valence-electron chi connectivity index (χ2n) is 4.35. The Bertz CT molecular complexity index is 223. The Hall–Kier alpha value is -1.14. The lowest BCUT2D eigenvalue weighted by Gasteiger charge is -2.17. The average Bonchev–Trinajstić information content (AvgIpc) is 2.30. The molecule has 6 heteroatoms. The molecule has 0 spiro atoms. The SMILES string of the molecule is CCCC(O)C(CC)CO.O=C(O)CCCC(=O)O. The topological polar surface area (TPSA) is 115 Å². The van der Waals surface area contributed by atoms with Crippen LogP contribution >= 0.6 is 0 Å². The van der Waals surface area contributed by atoms with Crippen LogP contribution in [0.15, 0.2) is 0 Å². The maximum absolute atomic E-state index is 9.79. The van der Waals surface area contributed by atoms with Crippen LogP contribution in [-0.2, 0) is 9.59 Å². The van der Waals surface area contributed by atoms with E-state index in [0.717, 1.165) is 19.3 Å². The zero-order valence-corrected chi connectivity index (χ0v) is 11.7. The molecule has 0 saturated carbocycles. The molecule has 0 fully saturated rings. The van der Waals surface area contributed by atoms with E-state index in [2.05, 4.69) is 0 Å². The molecule has 19 heavy (non-hydrogen) atoms. The third-order valence-corrected chi connectivity index (χ3v) is 2.67. The predicted octanol–water partition coefficient (Wildman–Crippen LogP) is 1.49. The summed E-state index contributed by atoms with van der Waals surface area (Å²) >= 11 is 0. The highest BCUT2D eigenvalue weighted by molar-refractivity contribution is 5.69. The van der Waals surface area contributed by atoms with Gasteiger partial charge in [-0.25, -0.2) is 0 Å². The number of aliphatic carboxylic acids is 2. The predicted molar refractivity (Wildman–Crippen MR) is 70.9 cm³/mol. The van der Waals surface area contributed by atoms with Crippen molar-refractivity contribution in [2.24, 2.45) is 5.92 Å². The summed E-state index contributed by atoms with van der Waals surface area (Å²) in [5.41, 5.74) is 0. The number of hydrogen-bond acceptors (Lipinski definition) is 4. The minimum atomic E-state index is -0.948. The van der Waals surface area contributed by atoms with E-state index in [-0.39, 0.29) is 37.9 Å². The van der Waals surface area contributed by atoms with Crippen LogP contribution < -0.4 is 0 Å². The molecule has 6 nitrogen and oxygen atoms in total. The second kappa shape index (κ2) is 13.3. The van der Waals surface area contributed by atoms with E-state index in [9.17, 15) is 14.7 Å². The summed E-state index contributed by atoms with van der Waals surface area (Å²) in [5, 5.41) is 34.2. The standard InChI is InChI=1S/C8H18O2.C5H8O4/c1-3-5-8(10)7(4-2)6-9;6-4(7)2-1-3-5(8)9/h7-10H,3-6H2,1-2H3;1-3H2,(H,6,7)(H,8,9). The van der Waals surface area contributed by atoms with Crippen molar-refractivity contribution in [3.05, 3.63) is 0 Å². The molecular weight excluding hydrogens is 252 g/mol. The Morgan fingerprint density at radius 3 is 1.79 bits per heavy atom. The molecule has 0 rings (SSSR count). The summed E-state index contributed by atoms with van der Waals surface area (Å²) in [6.45, 7) is 4.13. The Morgan fingerprint density at radius 2 is 1.53 bits per heavy atom. The van der Waals surface area contributed by atoms with Crippen LogP contribution in [0, 0.1) is 5.92 Å². The van der Waals surface area contributed by atoms with Gasteiger partial charge in [0, 0.05) is 25.4 Å². The van der Waals surface area contributed by atoms with E-state index in [0.29, 0.717) is 0 Å². The van der Waals surface area contributed by atoms with Crippen LogP contribution in [0.4, 0.5) is 0 Å². The zero-order valence-electron chi connectivity index (χ0n) is 11.7. The van der Waals surface area contributed by atoms with E-state index in [1.165, 1.54) is 0 Å². The molecule has 0 saturated heterocycles. The zero-order chi connectivity index (χ0) is 15.3. The highest BCUT2D eigenvalue weighted by Crippen LogP contribution is 2.12. The van der Waals surface area contributed by atoms with Crippen molar-refractivity contribution < 1.29 is 30.0 Å². The Balaban J connectivity index is 0. The smallest absolute Gasteiger partial charge is 0.303 e. The van der Waals surface area contributed by atoms with Crippen LogP contribution in [0.3, 0.4) is 0 Å². The monoisotopic (exact) mass is 278 g/mol. The summed E-state index contributed by atoms with van der Waals surface area (Å²) in [6.07, 6.45) is 2.43. The minimum absolute atomic E-state index is 0.0632. The average molecular weight is 278 g/mol. The van der Waals surface area contributed by atoms with Crippen LogP contribution in [0.2, 0.25) is 0 Å². The first-order chi connectivity index (χ1) is 8.88. The third kappa shape index (κ3) is 14.8. The molecule has 0 aromatic carbocycles. The van der Waals surface area contributed by atoms with E-state index in [1.807, 2.05) is 13.8 Å². The number of carboxylic acids is 2. The third-order valence-electron chi connectivity index (χ3n) is 2.67. The first-order valence-electron chi connectivity index (χ1n) is 6.61. The quantitative estimate of drug-likeness (QED) is 0.508. The van der Waals surface area contributed by atoms with Gasteiger partial charge in [0.2, 0.25) is 0 Å². The molecule has 0 heterocycles. The molecule has 0 aliphatic rings. The summed E-state index contributed by atoms with van der Waals surface area (Å²) in [6, 6.07) is 0. The van der Waals surface area contributed by atoms with Crippen LogP contribution in [0.1, 0.15) is 52.4 Å². The molecule has 114 valence electrons. The number of aliphatic hydroxyl groups excluding tert-OH is 2. The molecule has 0 aromatic rings. The first kappa shape index (κ1) is 20.2. The molecule has 2 unspecified atom stereocenters. The van der Waals surface area contributed by atoms with Gasteiger partial charge in [-0.15, -0.1) is 0 Å². The Labute approximate surface area is 114 Å². The van der Waals surface area contributed by atoms with Gasteiger partial charge in [0.1, 0.15) is 0 Å². The van der Waals surface area contributed by atoms with Gasteiger partial charge in [0.25, 0.3) is 0 Å². The van der Waals surface area contributed by atoms with Gasteiger partial charge in [0.15, 0.2) is 0 Å². The molecule has 4 N–H and O–H groups in total. The van der Waals surface area contributed by atoms with Gasteiger partial charge in [-0.1, -0.05) is 20.3 Å². The number of aliphatic hydroxyl groups is 2. The number of rotatable bonds is 9. The molecule has 0 aromatic heterocycles. The second-order valence-corrected chi connectivity index (χ2v) is 4.35. The number of carbonyl (C=O) groups is 2. The Morgan fingerprint density at radius 1 is 1.05 bits per heavy atom. The molecule has 0 amide bonds. The highest BCUT2D eigenvalue weighted by Gasteiger charge is 2.14. The lowest BCUT2D eigenvalue weighted by Crippen LogP contribution is -2.22. The molecule has 0 radical (unpaired) electrons. The largest absolute Gasteiger partial charge is 0.481 e. The van der Waals surface area contributed by atoms with Crippen molar-refractivity contribution in [3.8, 4) is 0 Å². The fraction of sp³-hybridized carbons (Fsp3) is 0.846. The van der Waals surface area contributed by atoms with Crippen LogP contribution in [0.5, 0.6) is 0 Å². The molecule has 0 bridgehead atoms. The normalized spacial score (nSPS) is 13.1. The summed E-state index contributed by atoms with van der Waals surface area (Å²) in [4.78, 5) is 19.6. The maximum atomic E-state index is 9.79. The van der Waals surface area contributed by atoms with Crippen molar-refractivity contribution >= 4 is 11.9 Å². The van der Waals surface area contributed by atoms with E-state index >= 15 is 0 Å². The fourth-order valence-corrected chi connectivity index (χ4v) is 1.45. The van der Waals surface area contributed by atoms with Crippen molar-refractivity contribution in [2.45, 2.75) is 58.5 Å². The van der Waals surface area contributed by atoms with E-state index in [1.54, 1.807) is 0 Å². The van der Waals surface area contributed by atoms with Crippen molar-refractivity contribution in [1.29, 1.82) is 0 Å². The summed E-state index contributed by atoms with van der Waals surface area (Å²) in [7, 11) is 0.